The second-order valence-electron chi connectivity index (χ2n) is 3.61. The van der Waals surface area contributed by atoms with E-state index < -0.39 is 25.6 Å². The number of alkyl halides is 4. The van der Waals surface area contributed by atoms with E-state index in [1.165, 1.54) is 0 Å². The van der Waals surface area contributed by atoms with Crippen LogP contribution in [0.25, 0.3) is 0 Å². The lowest BCUT2D eigenvalue weighted by Crippen LogP contribution is -2.32. The normalized spacial score (nSPS) is 14.2. The third-order valence-electron chi connectivity index (χ3n) is 2.13. The number of hydrogen-bond acceptors (Lipinski definition) is 5. The first kappa shape index (κ1) is 14.8. The topological polar surface area (TPSA) is 60.2 Å². The van der Waals surface area contributed by atoms with Gasteiger partial charge in [-0.3, -0.25) is 0 Å². The minimum Gasteiger partial charge on any atom is -0.367 e. The van der Waals surface area contributed by atoms with E-state index in [1.807, 2.05) is 0 Å². The fraction of sp³-hybridized carbons (Fsp3) is 0.778. The highest BCUT2D eigenvalue weighted by molar-refractivity contribution is 4.89. The van der Waals surface area contributed by atoms with Crippen LogP contribution in [-0.2, 0) is 11.3 Å². The number of nitrogens with zero attached hydrogens (tertiary/aromatic N) is 2. The summed E-state index contributed by atoms with van der Waals surface area (Å²) in [6.45, 7) is -0.0541. The van der Waals surface area contributed by atoms with E-state index >= 15 is 0 Å². The van der Waals surface area contributed by atoms with Crippen molar-refractivity contribution in [2.45, 2.75) is 31.9 Å². The molecule has 9 heteroatoms. The summed E-state index contributed by atoms with van der Waals surface area (Å²) in [5.74, 6) is -3.89. The molecule has 1 unspecified atom stereocenters. The summed E-state index contributed by atoms with van der Waals surface area (Å²) in [6.07, 6.45) is -3.76. The first-order chi connectivity index (χ1) is 8.36. The predicted molar refractivity (Wildman–Crippen MR) is 52.4 cm³/mol. The standard InChI is InChI=1S/C9H13F4N3O2/c1-5(14-2)7-15-6(16-18-7)3-17-4-9(12,13)8(10)11/h5,8,14H,3-4H2,1-2H3. The molecule has 0 bridgehead atoms. The number of halogens is 4. The van der Waals surface area contributed by atoms with E-state index in [9.17, 15) is 17.6 Å². The summed E-state index contributed by atoms with van der Waals surface area (Å²) < 4.78 is 57.8. The molecule has 0 amide bonds. The maximum Gasteiger partial charge on any atom is 0.330 e. The third-order valence-corrected chi connectivity index (χ3v) is 2.13. The SMILES string of the molecule is CNC(C)c1nc(COCC(F)(F)C(F)F)no1. The molecule has 0 spiro atoms. The highest BCUT2D eigenvalue weighted by Gasteiger charge is 2.41. The van der Waals surface area contributed by atoms with Crippen LogP contribution < -0.4 is 5.32 Å². The quantitative estimate of drug-likeness (QED) is 0.766. The number of ether oxygens (including phenoxy) is 1. The van der Waals surface area contributed by atoms with Gasteiger partial charge in [0.25, 0.3) is 0 Å². The molecule has 0 saturated heterocycles. The van der Waals surface area contributed by atoms with Gasteiger partial charge in [0, 0.05) is 0 Å². The zero-order valence-electron chi connectivity index (χ0n) is 9.79. The van der Waals surface area contributed by atoms with Crippen molar-refractivity contribution in [3.05, 3.63) is 11.7 Å². The van der Waals surface area contributed by atoms with Gasteiger partial charge in [0.05, 0.1) is 6.04 Å². The third kappa shape index (κ3) is 3.91. The van der Waals surface area contributed by atoms with Gasteiger partial charge in [0.1, 0.15) is 13.2 Å². The number of nitrogens with one attached hydrogen (secondary N) is 1. The first-order valence-corrected chi connectivity index (χ1v) is 5.10. The lowest BCUT2D eigenvalue weighted by molar-refractivity contribution is -0.168. The predicted octanol–water partition coefficient (Wildman–Crippen LogP) is 1.77. The maximum atomic E-state index is 12.5. The van der Waals surface area contributed by atoms with Gasteiger partial charge in [0.15, 0.2) is 5.82 Å². The van der Waals surface area contributed by atoms with Gasteiger partial charge < -0.3 is 14.6 Å². The highest BCUT2D eigenvalue weighted by Crippen LogP contribution is 2.23. The average molecular weight is 271 g/mol. The molecule has 0 fully saturated rings. The Morgan fingerprint density at radius 1 is 1.44 bits per heavy atom. The molecule has 0 aliphatic carbocycles. The molecule has 0 aromatic carbocycles. The van der Waals surface area contributed by atoms with Crippen LogP contribution in [0.1, 0.15) is 24.7 Å². The molecule has 104 valence electrons. The van der Waals surface area contributed by atoms with E-state index in [-0.39, 0.29) is 17.8 Å². The fourth-order valence-electron chi connectivity index (χ4n) is 0.967. The molecule has 1 N–H and O–H groups in total. The summed E-state index contributed by atoms with van der Waals surface area (Å²) in [5, 5.41) is 6.30. The first-order valence-electron chi connectivity index (χ1n) is 5.10. The molecule has 0 aliphatic rings. The van der Waals surface area contributed by atoms with Crippen LogP contribution in [0.15, 0.2) is 4.52 Å². The molecule has 1 aromatic rings. The Morgan fingerprint density at radius 3 is 2.67 bits per heavy atom. The average Bonchev–Trinajstić information content (AvgIpc) is 2.76. The molecule has 1 aromatic heterocycles. The maximum absolute atomic E-state index is 12.5. The summed E-state index contributed by atoms with van der Waals surface area (Å²) in [7, 11) is 1.67. The largest absolute Gasteiger partial charge is 0.367 e. The summed E-state index contributed by atoms with van der Waals surface area (Å²) >= 11 is 0. The Morgan fingerprint density at radius 2 is 2.11 bits per heavy atom. The van der Waals surface area contributed by atoms with Crippen LogP contribution in [-0.4, -0.2) is 36.1 Å². The van der Waals surface area contributed by atoms with E-state index in [4.69, 9.17) is 4.52 Å². The van der Waals surface area contributed by atoms with Crippen molar-refractivity contribution in [3.8, 4) is 0 Å². The van der Waals surface area contributed by atoms with E-state index in [0.29, 0.717) is 0 Å². The smallest absolute Gasteiger partial charge is 0.330 e. The van der Waals surface area contributed by atoms with Crippen molar-refractivity contribution in [2.75, 3.05) is 13.7 Å². The molecule has 1 heterocycles. The van der Waals surface area contributed by atoms with Gasteiger partial charge in [-0.1, -0.05) is 5.16 Å². The van der Waals surface area contributed by atoms with E-state index in [2.05, 4.69) is 20.2 Å². The van der Waals surface area contributed by atoms with Crippen LogP contribution in [0.4, 0.5) is 17.6 Å². The molecule has 5 nitrogen and oxygen atoms in total. The number of rotatable bonds is 7. The molecule has 0 radical (unpaired) electrons. The van der Waals surface area contributed by atoms with E-state index in [1.54, 1.807) is 14.0 Å². The lowest BCUT2D eigenvalue weighted by Gasteiger charge is -2.14. The molecule has 0 saturated carbocycles. The molecule has 1 atom stereocenters. The van der Waals surface area contributed by atoms with Crippen molar-refractivity contribution in [2.24, 2.45) is 0 Å². The minimum absolute atomic E-state index is 0.0252. The Labute approximate surface area is 100 Å². The van der Waals surface area contributed by atoms with Gasteiger partial charge in [-0.2, -0.15) is 13.8 Å². The zero-order chi connectivity index (χ0) is 13.8. The minimum atomic E-state index is -4.18. The summed E-state index contributed by atoms with van der Waals surface area (Å²) in [4.78, 5) is 3.85. The van der Waals surface area contributed by atoms with Crippen molar-refractivity contribution in [1.29, 1.82) is 0 Å². The Bertz CT molecular complexity index is 372. The monoisotopic (exact) mass is 271 g/mol. The molecule has 0 aliphatic heterocycles. The van der Waals surface area contributed by atoms with Gasteiger partial charge >= 0.3 is 12.3 Å². The van der Waals surface area contributed by atoms with Crippen LogP contribution in [0.3, 0.4) is 0 Å². The summed E-state index contributed by atoms with van der Waals surface area (Å²) in [5.41, 5.74) is 0. The van der Waals surface area contributed by atoms with Crippen LogP contribution in [0.2, 0.25) is 0 Å². The fourth-order valence-corrected chi connectivity index (χ4v) is 0.967. The van der Waals surface area contributed by atoms with Crippen molar-refractivity contribution in [1.82, 2.24) is 15.5 Å². The second kappa shape index (κ2) is 6.10. The number of aromatic nitrogens is 2. The van der Waals surface area contributed by atoms with Crippen LogP contribution in [0, 0.1) is 0 Å². The lowest BCUT2D eigenvalue weighted by atomic mass is 10.3. The highest BCUT2D eigenvalue weighted by atomic mass is 19.3. The molecular weight excluding hydrogens is 258 g/mol. The van der Waals surface area contributed by atoms with Crippen LogP contribution >= 0.6 is 0 Å². The molecule has 18 heavy (non-hydrogen) atoms. The zero-order valence-corrected chi connectivity index (χ0v) is 9.79. The number of hydrogen-bond donors (Lipinski definition) is 1. The van der Waals surface area contributed by atoms with Gasteiger partial charge in [-0.25, -0.2) is 8.78 Å². The second-order valence-corrected chi connectivity index (χ2v) is 3.61. The summed E-state index contributed by atoms with van der Waals surface area (Å²) in [6, 6.07) is -0.200. The Balaban J connectivity index is 2.43. The van der Waals surface area contributed by atoms with Crippen LogP contribution in [0.5, 0.6) is 0 Å². The van der Waals surface area contributed by atoms with Gasteiger partial charge in [-0.15, -0.1) is 0 Å². The molecule has 1 rings (SSSR count). The van der Waals surface area contributed by atoms with Crippen molar-refractivity contribution in [3.63, 3.8) is 0 Å². The Hall–Kier alpha value is -1.22. The van der Waals surface area contributed by atoms with Crippen molar-refractivity contribution < 1.29 is 26.8 Å². The van der Waals surface area contributed by atoms with Gasteiger partial charge in [0.2, 0.25) is 5.89 Å². The molecular formula is C9H13F4N3O2. The van der Waals surface area contributed by atoms with E-state index in [0.717, 1.165) is 0 Å². The Kier molecular flexibility index (Phi) is 5.03. The van der Waals surface area contributed by atoms with Gasteiger partial charge in [-0.05, 0) is 14.0 Å². The van der Waals surface area contributed by atoms with Crippen molar-refractivity contribution >= 4 is 0 Å².